The Morgan fingerprint density at radius 3 is 2.17 bits per heavy atom. The molecule has 0 aromatic heterocycles. The van der Waals surface area contributed by atoms with Crippen LogP contribution in [0, 0.1) is 5.82 Å². The fourth-order valence-electron chi connectivity index (χ4n) is 4.11. The van der Waals surface area contributed by atoms with Gasteiger partial charge in [0.25, 0.3) is 0 Å². The van der Waals surface area contributed by atoms with Crippen LogP contribution in [0.2, 0.25) is 0 Å². The molecule has 1 heterocycles. The van der Waals surface area contributed by atoms with Crippen molar-refractivity contribution in [2.75, 3.05) is 26.2 Å². The van der Waals surface area contributed by atoms with Gasteiger partial charge in [-0.3, -0.25) is 14.5 Å². The summed E-state index contributed by atoms with van der Waals surface area (Å²) < 4.78 is 24.6. The molecule has 1 fully saturated rings. The molecule has 1 saturated heterocycles. The molecule has 36 heavy (non-hydrogen) atoms. The van der Waals surface area contributed by atoms with Gasteiger partial charge in [-0.25, -0.2) is 4.39 Å². The Balaban J connectivity index is 1.34. The lowest BCUT2D eigenvalue weighted by Crippen LogP contribution is -2.48. The minimum absolute atomic E-state index is 0.102. The lowest BCUT2D eigenvalue weighted by Gasteiger charge is -2.20. The number of ether oxygens (including phenoxy) is 2. The molecule has 4 rings (SSSR count). The lowest BCUT2D eigenvalue weighted by molar-refractivity contribution is -0.129. The Kier molecular flexibility index (Phi) is 9.19. The van der Waals surface area contributed by atoms with E-state index in [1.165, 1.54) is 12.1 Å². The van der Waals surface area contributed by atoms with Gasteiger partial charge >= 0.3 is 0 Å². The summed E-state index contributed by atoms with van der Waals surface area (Å²) in [5, 5.41) is 2.89. The number of amides is 1. The van der Waals surface area contributed by atoms with Gasteiger partial charge in [-0.15, -0.1) is 0 Å². The van der Waals surface area contributed by atoms with Gasteiger partial charge in [0, 0.05) is 6.42 Å². The van der Waals surface area contributed by atoms with Crippen LogP contribution in [0.15, 0.2) is 78.9 Å². The molecule has 1 amide bonds. The summed E-state index contributed by atoms with van der Waals surface area (Å²) in [7, 11) is 0. The van der Waals surface area contributed by atoms with E-state index in [1.54, 1.807) is 24.3 Å². The number of hydrogen-bond donors (Lipinski definition) is 1. The van der Waals surface area contributed by atoms with Crippen LogP contribution in [0.1, 0.15) is 24.0 Å². The highest BCUT2D eigenvalue weighted by Gasteiger charge is 2.23. The molecule has 0 aliphatic carbocycles. The van der Waals surface area contributed by atoms with E-state index in [0.29, 0.717) is 18.1 Å². The van der Waals surface area contributed by atoms with E-state index in [2.05, 4.69) is 10.2 Å². The molecule has 3 aromatic rings. The van der Waals surface area contributed by atoms with E-state index >= 15 is 0 Å². The van der Waals surface area contributed by atoms with E-state index in [-0.39, 0.29) is 37.1 Å². The van der Waals surface area contributed by atoms with Crippen LogP contribution in [-0.4, -0.2) is 48.9 Å². The first-order valence-corrected chi connectivity index (χ1v) is 12.2. The first-order valence-electron chi connectivity index (χ1n) is 12.2. The van der Waals surface area contributed by atoms with Gasteiger partial charge in [0.1, 0.15) is 23.4 Å². The molecule has 0 spiro atoms. The van der Waals surface area contributed by atoms with Crippen LogP contribution in [0.25, 0.3) is 0 Å². The SMILES string of the molecule is O=C(CN1CCCC1)N[C@@H](COCc1ccccc1)C(=O)Cc1ccc(Oc2ccc(F)cc2)cc1. The zero-order chi connectivity index (χ0) is 25.2. The number of ketones is 1. The third kappa shape index (κ3) is 8.00. The lowest BCUT2D eigenvalue weighted by atomic mass is 10.0. The number of halogens is 1. The van der Waals surface area contributed by atoms with Crippen molar-refractivity contribution in [2.24, 2.45) is 0 Å². The monoisotopic (exact) mass is 490 g/mol. The molecule has 0 bridgehead atoms. The van der Waals surface area contributed by atoms with Crippen LogP contribution >= 0.6 is 0 Å². The quantitative estimate of drug-likeness (QED) is 0.404. The average Bonchev–Trinajstić information content (AvgIpc) is 3.39. The smallest absolute Gasteiger partial charge is 0.234 e. The third-order valence-electron chi connectivity index (χ3n) is 6.04. The summed E-state index contributed by atoms with van der Waals surface area (Å²) in [4.78, 5) is 27.9. The molecular weight excluding hydrogens is 459 g/mol. The number of Topliss-reactive ketones (excluding diaryl/α,β-unsaturated/α-hetero) is 1. The standard InChI is InChI=1S/C29H31FN2O4/c30-24-10-14-26(15-11-24)36-25-12-8-22(9-13-25)18-28(33)27(21-35-20-23-6-2-1-3-7-23)31-29(34)19-32-16-4-5-17-32/h1-3,6-15,27H,4-5,16-21H2,(H,31,34)/t27-/m0/s1. The first kappa shape index (κ1) is 25.5. The highest BCUT2D eigenvalue weighted by Crippen LogP contribution is 2.22. The van der Waals surface area contributed by atoms with Crippen molar-refractivity contribution in [2.45, 2.75) is 31.9 Å². The summed E-state index contributed by atoms with van der Waals surface area (Å²) in [5.74, 6) is 0.494. The Morgan fingerprint density at radius 1 is 0.861 bits per heavy atom. The summed E-state index contributed by atoms with van der Waals surface area (Å²) in [6.07, 6.45) is 2.34. The topological polar surface area (TPSA) is 67.9 Å². The van der Waals surface area contributed by atoms with Gasteiger partial charge in [-0.05, 0) is 73.5 Å². The number of carbonyl (C=O) groups excluding carboxylic acids is 2. The molecule has 6 nitrogen and oxygen atoms in total. The van der Waals surface area contributed by atoms with Crippen LogP contribution in [0.3, 0.4) is 0 Å². The van der Waals surface area contributed by atoms with Crippen LogP contribution in [0.5, 0.6) is 11.5 Å². The molecule has 3 aromatic carbocycles. The predicted molar refractivity (Wildman–Crippen MR) is 135 cm³/mol. The number of nitrogens with one attached hydrogen (secondary N) is 1. The van der Waals surface area contributed by atoms with Crippen LogP contribution in [0.4, 0.5) is 4.39 Å². The Morgan fingerprint density at radius 2 is 1.50 bits per heavy atom. The second-order valence-corrected chi connectivity index (χ2v) is 8.95. The minimum Gasteiger partial charge on any atom is -0.457 e. The molecule has 1 aliphatic rings. The Bertz CT molecular complexity index is 1110. The maximum atomic E-state index is 13.2. The number of rotatable bonds is 12. The number of carbonyl (C=O) groups is 2. The summed E-state index contributed by atoms with van der Waals surface area (Å²) in [6.45, 7) is 2.57. The van der Waals surface area contributed by atoms with E-state index in [9.17, 15) is 14.0 Å². The van der Waals surface area contributed by atoms with Crippen molar-refractivity contribution in [3.8, 4) is 11.5 Å². The zero-order valence-corrected chi connectivity index (χ0v) is 20.2. The van der Waals surface area contributed by atoms with Crippen molar-refractivity contribution in [1.82, 2.24) is 10.2 Å². The maximum absolute atomic E-state index is 13.2. The first-order chi connectivity index (χ1) is 17.5. The maximum Gasteiger partial charge on any atom is 0.234 e. The van der Waals surface area contributed by atoms with E-state index in [1.807, 2.05) is 42.5 Å². The molecular formula is C29H31FN2O4. The van der Waals surface area contributed by atoms with Gasteiger partial charge < -0.3 is 14.8 Å². The van der Waals surface area contributed by atoms with E-state index < -0.39 is 6.04 Å². The fourth-order valence-corrected chi connectivity index (χ4v) is 4.11. The van der Waals surface area contributed by atoms with E-state index in [4.69, 9.17) is 9.47 Å². The van der Waals surface area contributed by atoms with Crippen molar-refractivity contribution in [3.05, 3.63) is 95.8 Å². The van der Waals surface area contributed by atoms with E-state index in [0.717, 1.165) is 37.1 Å². The van der Waals surface area contributed by atoms with Gasteiger partial charge in [-0.1, -0.05) is 42.5 Å². The number of likely N-dealkylation sites (tertiary alicyclic amines) is 1. The summed E-state index contributed by atoms with van der Waals surface area (Å²) in [6, 6.07) is 21.9. The number of benzene rings is 3. The fraction of sp³-hybridized carbons (Fsp3) is 0.310. The minimum atomic E-state index is -0.737. The summed E-state index contributed by atoms with van der Waals surface area (Å²) in [5.41, 5.74) is 1.80. The molecule has 0 saturated carbocycles. The summed E-state index contributed by atoms with van der Waals surface area (Å²) >= 11 is 0. The molecule has 0 radical (unpaired) electrons. The van der Waals surface area contributed by atoms with Crippen molar-refractivity contribution < 1.29 is 23.5 Å². The van der Waals surface area contributed by atoms with Crippen molar-refractivity contribution >= 4 is 11.7 Å². The van der Waals surface area contributed by atoms with Gasteiger partial charge in [0.15, 0.2) is 5.78 Å². The highest BCUT2D eigenvalue weighted by molar-refractivity contribution is 5.91. The largest absolute Gasteiger partial charge is 0.457 e. The molecule has 1 atom stereocenters. The van der Waals surface area contributed by atoms with Gasteiger partial charge in [0.05, 0.1) is 19.8 Å². The normalized spacial score (nSPS) is 14.4. The molecule has 188 valence electrons. The number of hydrogen-bond acceptors (Lipinski definition) is 5. The van der Waals surface area contributed by atoms with Crippen LogP contribution < -0.4 is 10.1 Å². The number of nitrogens with zero attached hydrogens (tertiary/aromatic N) is 1. The zero-order valence-electron chi connectivity index (χ0n) is 20.2. The predicted octanol–water partition coefficient (Wildman–Crippen LogP) is 4.53. The molecule has 7 heteroatoms. The van der Waals surface area contributed by atoms with Crippen molar-refractivity contribution in [1.29, 1.82) is 0 Å². The van der Waals surface area contributed by atoms with Crippen molar-refractivity contribution in [3.63, 3.8) is 0 Å². The highest BCUT2D eigenvalue weighted by atomic mass is 19.1. The second-order valence-electron chi connectivity index (χ2n) is 8.95. The van der Waals surface area contributed by atoms with Gasteiger partial charge in [-0.2, -0.15) is 0 Å². The second kappa shape index (κ2) is 13.0. The molecule has 0 unspecified atom stereocenters. The Labute approximate surface area is 211 Å². The molecule has 1 aliphatic heterocycles. The van der Waals surface area contributed by atoms with Gasteiger partial charge in [0.2, 0.25) is 5.91 Å². The van der Waals surface area contributed by atoms with Crippen LogP contribution in [-0.2, 0) is 27.4 Å². The average molecular weight is 491 g/mol. The third-order valence-corrected chi connectivity index (χ3v) is 6.04. The molecule has 1 N–H and O–H groups in total. The Hall–Kier alpha value is -3.55.